The molecular formula is C30H30N2O7S. The molecule has 0 bridgehead atoms. The summed E-state index contributed by atoms with van der Waals surface area (Å²) in [6, 6.07) is 10.9. The van der Waals surface area contributed by atoms with E-state index in [2.05, 4.69) is 11.6 Å². The van der Waals surface area contributed by atoms with E-state index < -0.39 is 23.7 Å². The number of carbonyl (C=O) groups excluding carboxylic acids is 3. The first-order chi connectivity index (χ1) is 19.2. The summed E-state index contributed by atoms with van der Waals surface area (Å²) >= 11 is 0.936. The molecule has 4 rings (SSSR count). The topological polar surface area (TPSA) is 115 Å². The van der Waals surface area contributed by atoms with Gasteiger partial charge in [-0.05, 0) is 61.7 Å². The number of aliphatic hydroxyl groups is 1. The summed E-state index contributed by atoms with van der Waals surface area (Å²) in [5, 5.41) is 11.6. The van der Waals surface area contributed by atoms with Crippen molar-refractivity contribution in [3.8, 4) is 11.5 Å². The Morgan fingerprint density at radius 1 is 1.18 bits per heavy atom. The van der Waals surface area contributed by atoms with Gasteiger partial charge in [0.05, 0.1) is 31.0 Å². The maximum atomic E-state index is 13.5. The van der Waals surface area contributed by atoms with Gasteiger partial charge in [-0.25, -0.2) is 9.78 Å². The Morgan fingerprint density at radius 2 is 1.90 bits per heavy atom. The van der Waals surface area contributed by atoms with E-state index >= 15 is 0 Å². The Kier molecular flexibility index (Phi) is 8.69. The second-order valence-electron chi connectivity index (χ2n) is 9.07. The zero-order valence-corrected chi connectivity index (χ0v) is 23.5. The van der Waals surface area contributed by atoms with Crippen LogP contribution >= 0.6 is 11.3 Å². The second kappa shape index (κ2) is 12.2. The summed E-state index contributed by atoms with van der Waals surface area (Å²) in [6.07, 6.45) is 2.29. The Morgan fingerprint density at radius 3 is 2.52 bits per heavy atom. The van der Waals surface area contributed by atoms with E-state index in [0.29, 0.717) is 34.9 Å². The van der Waals surface area contributed by atoms with Gasteiger partial charge in [-0.3, -0.25) is 14.5 Å². The zero-order valence-electron chi connectivity index (χ0n) is 22.7. The number of aromatic nitrogens is 1. The number of aryl methyl sites for hydroxylation is 2. The van der Waals surface area contributed by atoms with Gasteiger partial charge in [0.25, 0.3) is 5.78 Å². The maximum Gasteiger partial charge on any atom is 0.350 e. The van der Waals surface area contributed by atoms with Crippen LogP contribution in [0.25, 0.3) is 5.76 Å². The van der Waals surface area contributed by atoms with E-state index in [1.807, 2.05) is 13.8 Å². The van der Waals surface area contributed by atoms with E-state index in [0.717, 1.165) is 23.3 Å². The fourth-order valence-corrected chi connectivity index (χ4v) is 5.32. The zero-order chi connectivity index (χ0) is 29.0. The average Bonchev–Trinajstić information content (AvgIpc) is 3.46. The lowest BCUT2D eigenvalue weighted by atomic mass is 9.95. The molecule has 1 unspecified atom stereocenters. The highest BCUT2D eigenvalue weighted by Gasteiger charge is 2.48. The minimum absolute atomic E-state index is 0.0174. The van der Waals surface area contributed by atoms with Gasteiger partial charge < -0.3 is 19.3 Å². The van der Waals surface area contributed by atoms with E-state index in [4.69, 9.17) is 14.2 Å². The number of hydrogen-bond donors (Lipinski definition) is 1. The van der Waals surface area contributed by atoms with E-state index in [1.54, 1.807) is 49.4 Å². The lowest BCUT2D eigenvalue weighted by molar-refractivity contribution is -0.132. The van der Waals surface area contributed by atoms with E-state index in [9.17, 15) is 19.5 Å². The minimum atomic E-state index is -1.01. The van der Waals surface area contributed by atoms with Crippen LogP contribution in [0.4, 0.5) is 5.13 Å². The molecule has 0 radical (unpaired) electrons. The van der Waals surface area contributed by atoms with Crippen LogP contribution in [-0.4, -0.2) is 48.1 Å². The highest BCUT2D eigenvalue weighted by molar-refractivity contribution is 7.17. The van der Waals surface area contributed by atoms with Gasteiger partial charge in [-0.15, -0.1) is 0 Å². The lowest BCUT2D eigenvalue weighted by Crippen LogP contribution is -2.29. The smallest absolute Gasteiger partial charge is 0.350 e. The van der Waals surface area contributed by atoms with Crippen molar-refractivity contribution in [1.82, 2.24) is 4.98 Å². The summed E-state index contributed by atoms with van der Waals surface area (Å²) < 4.78 is 16.2. The molecule has 2 heterocycles. The standard InChI is InChI=1S/C30H30N2O7S/c1-6-14-38-22-13-10-20(16-17(22)3)25(33)23-24(19-8-11-21(37-5)12-9-19)32(28(35)26(23)34)30-31-18(4)27(40-30)29(36)39-15-7-2/h7-13,16,24,33H,2,6,14-15H2,1,3-5H3/b25-23-. The van der Waals surface area contributed by atoms with Gasteiger partial charge in [0, 0.05) is 5.56 Å². The molecule has 2 aromatic carbocycles. The summed E-state index contributed by atoms with van der Waals surface area (Å²) in [4.78, 5) is 45.4. The number of thiazole rings is 1. The number of carbonyl (C=O) groups is 3. The average molecular weight is 563 g/mol. The number of methoxy groups -OCH3 is 1. The molecule has 1 aliphatic rings. The molecule has 208 valence electrons. The van der Waals surface area contributed by atoms with E-state index in [-0.39, 0.29) is 27.9 Å². The van der Waals surface area contributed by atoms with Gasteiger partial charge >= 0.3 is 11.9 Å². The molecule has 1 aromatic heterocycles. The molecule has 1 atom stereocenters. The molecule has 10 heteroatoms. The molecule has 0 spiro atoms. The molecule has 1 saturated heterocycles. The third-order valence-corrected chi connectivity index (χ3v) is 7.43. The number of nitrogens with zero attached hydrogens (tertiary/aromatic N) is 2. The van der Waals surface area contributed by atoms with Crippen molar-refractivity contribution in [2.24, 2.45) is 0 Å². The molecule has 9 nitrogen and oxygen atoms in total. The number of esters is 1. The fourth-order valence-electron chi connectivity index (χ4n) is 4.33. The minimum Gasteiger partial charge on any atom is -0.507 e. The third kappa shape index (κ3) is 5.48. The normalized spacial score (nSPS) is 16.2. The van der Waals surface area contributed by atoms with Crippen molar-refractivity contribution in [1.29, 1.82) is 0 Å². The van der Waals surface area contributed by atoms with Gasteiger partial charge in [0.1, 0.15) is 28.7 Å². The number of amides is 1. The van der Waals surface area contributed by atoms with Gasteiger partial charge in [0.2, 0.25) is 0 Å². The van der Waals surface area contributed by atoms with Gasteiger partial charge in [-0.1, -0.05) is 43.0 Å². The van der Waals surface area contributed by atoms with Crippen molar-refractivity contribution >= 4 is 39.9 Å². The Labute approximate surface area is 236 Å². The van der Waals surface area contributed by atoms with E-state index in [1.165, 1.54) is 18.1 Å². The van der Waals surface area contributed by atoms with Crippen LogP contribution in [0.5, 0.6) is 11.5 Å². The molecule has 1 fully saturated rings. The van der Waals surface area contributed by atoms with Crippen molar-refractivity contribution in [2.75, 3.05) is 25.2 Å². The Balaban J connectivity index is 1.85. The highest BCUT2D eigenvalue weighted by Crippen LogP contribution is 2.44. The predicted octanol–water partition coefficient (Wildman–Crippen LogP) is 5.53. The van der Waals surface area contributed by atoms with Crippen LogP contribution in [0.15, 0.2) is 60.7 Å². The maximum absolute atomic E-state index is 13.5. The summed E-state index contributed by atoms with van der Waals surface area (Å²) in [5.41, 5.74) is 1.93. The van der Waals surface area contributed by atoms with Crippen molar-refractivity contribution < 1.29 is 33.7 Å². The number of benzene rings is 2. The number of Topliss-reactive ketones (excluding diaryl/α,β-unsaturated/α-hetero) is 1. The monoisotopic (exact) mass is 562 g/mol. The van der Waals surface area contributed by atoms with Crippen molar-refractivity contribution in [3.63, 3.8) is 0 Å². The lowest BCUT2D eigenvalue weighted by Gasteiger charge is -2.23. The quantitative estimate of drug-likeness (QED) is 0.113. The number of anilines is 1. The largest absolute Gasteiger partial charge is 0.507 e. The fraction of sp³-hybridized carbons (Fsp3) is 0.267. The third-order valence-electron chi connectivity index (χ3n) is 6.30. The number of ether oxygens (including phenoxy) is 3. The molecule has 3 aromatic rings. The molecule has 40 heavy (non-hydrogen) atoms. The highest BCUT2D eigenvalue weighted by atomic mass is 32.1. The van der Waals surface area contributed by atoms with Crippen LogP contribution < -0.4 is 14.4 Å². The van der Waals surface area contributed by atoms with Gasteiger partial charge in [-0.2, -0.15) is 0 Å². The van der Waals surface area contributed by atoms with Crippen LogP contribution in [0.3, 0.4) is 0 Å². The molecule has 1 amide bonds. The van der Waals surface area contributed by atoms with Gasteiger partial charge in [0.15, 0.2) is 5.13 Å². The summed E-state index contributed by atoms with van der Waals surface area (Å²) in [5.74, 6) is -1.44. The number of rotatable bonds is 10. The molecule has 0 aliphatic carbocycles. The first-order valence-electron chi connectivity index (χ1n) is 12.7. The second-order valence-corrected chi connectivity index (χ2v) is 10.0. The van der Waals surface area contributed by atoms with Crippen LogP contribution in [-0.2, 0) is 14.3 Å². The van der Waals surface area contributed by atoms with Crippen molar-refractivity contribution in [3.05, 3.63) is 88.0 Å². The van der Waals surface area contributed by atoms with Crippen LogP contribution in [0, 0.1) is 13.8 Å². The Hall–Kier alpha value is -4.44. The molecule has 1 N–H and O–H groups in total. The Bertz CT molecular complexity index is 1490. The summed E-state index contributed by atoms with van der Waals surface area (Å²) in [7, 11) is 1.53. The number of aliphatic hydroxyl groups excluding tert-OH is 1. The predicted molar refractivity (Wildman–Crippen MR) is 152 cm³/mol. The summed E-state index contributed by atoms with van der Waals surface area (Å²) in [6.45, 7) is 9.57. The van der Waals surface area contributed by atoms with Crippen LogP contribution in [0.2, 0.25) is 0 Å². The molecule has 1 aliphatic heterocycles. The van der Waals surface area contributed by atoms with Crippen LogP contribution in [0.1, 0.15) is 51.4 Å². The number of ketones is 1. The number of hydrogen-bond acceptors (Lipinski definition) is 9. The van der Waals surface area contributed by atoms with Crippen molar-refractivity contribution in [2.45, 2.75) is 33.2 Å². The SMILES string of the molecule is C=CCOC(=O)c1sc(N2C(=O)C(=O)/C(=C(\O)c3ccc(OCCC)c(C)c3)C2c2ccc(OC)cc2)nc1C. The molecular weight excluding hydrogens is 532 g/mol. The first kappa shape index (κ1) is 28.6. The molecule has 0 saturated carbocycles. The first-order valence-corrected chi connectivity index (χ1v) is 13.5.